The van der Waals surface area contributed by atoms with Crippen LogP contribution in [0.2, 0.25) is 0 Å². The molecule has 0 fully saturated rings. The summed E-state index contributed by atoms with van der Waals surface area (Å²) in [5.41, 5.74) is 0. The first-order valence-electron chi connectivity index (χ1n) is 44.9. The third kappa shape index (κ3) is 78.7. The van der Waals surface area contributed by atoms with Crippen LogP contribution >= 0.6 is 15.6 Å². The summed E-state index contributed by atoms with van der Waals surface area (Å²) in [4.78, 5) is 73.2. The fourth-order valence-electron chi connectivity index (χ4n) is 13.5. The van der Waals surface area contributed by atoms with Crippen molar-refractivity contribution in [3.63, 3.8) is 0 Å². The minimum Gasteiger partial charge on any atom is -0.462 e. The number of aliphatic hydroxyl groups is 1. The van der Waals surface area contributed by atoms with Crippen molar-refractivity contribution in [1.29, 1.82) is 0 Å². The highest BCUT2D eigenvalue weighted by Gasteiger charge is 2.31. The first-order valence-corrected chi connectivity index (χ1v) is 47.9. The Kier molecular flexibility index (Phi) is 75.6. The van der Waals surface area contributed by atoms with Gasteiger partial charge in [-0.25, -0.2) is 9.13 Å². The molecule has 630 valence electrons. The summed E-state index contributed by atoms with van der Waals surface area (Å²) in [6, 6.07) is 0. The maximum absolute atomic E-state index is 13.2. The lowest BCUT2D eigenvalue weighted by Gasteiger charge is -2.21. The van der Waals surface area contributed by atoms with Crippen molar-refractivity contribution in [2.75, 3.05) is 39.6 Å². The van der Waals surface area contributed by atoms with E-state index in [9.17, 15) is 43.2 Å². The van der Waals surface area contributed by atoms with Crippen molar-refractivity contribution >= 4 is 39.5 Å². The topological polar surface area (TPSA) is 237 Å². The Balaban J connectivity index is 5.22. The second-order valence-corrected chi connectivity index (χ2v) is 35.4. The number of hydrogen-bond acceptors (Lipinski definition) is 15. The summed E-state index contributed by atoms with van der Waals surface area (Å²) in [6.07, 6.45) is 68.2. The van der Waals surface area contributed by atoms with Gasteiger partial charge in [0.25, 0.3) is 0 Å². The number of phosphoric ester groups is 2. The van der Waals surface area contributed by atoms with Crippen LogP contribution in [-0.2, 0) is 65.4 Å². The maximum Gasteiger partial charge on any atom is 0.472 e. The average Bonchev–Trinajstić information content (AvgIpc) is 0.903. The quantitative estimate of drug-likeness (QED) is 0.0222. The summed E-state index contributed by atoms with van der Waals surface area (Å²) < 4.78 is 68.9. The van der Waals surface area contributed by atoms with E-state index in [1.165, 1.54) is 263 Å². The fraction of sp³-hybridized carbons (Fsp3) is 0.954. The van der Waals surface area contributed by atoms with E-state index in [1.54, 1.807) is 0 Å². The Morgan fingerprint density at radius 3 is 0.717 bits per heavy atom. The Morgan fingerprint density at radius 2 is 0.481 bits per heavy atom. The molecule has 0 saturated heterocycles. The van der Waals surface area contributed by atoms with Gasteiger partial charge in [0.1, 0.15) is 19.3 Å². The van der Waals surface area contributed by atoms with Crippen LogP contribution in [0, 0.1) is 17.8 Å². The molecule has 0 saturated carbocycles. The number of esters is 4. The van der Waals surface area contributed by atoms with Gasteiger partial charge in [-0.05, 0) is 43.4 Å². The predicted octanol–water partition coefficient (Wildman–Crippen LogP) is 26.5. The third-order valence-corrected chi connectivity index (χ3v) is 22.6. The minimum atomic E-state index is -4.97. The lowest BCUT2D eigenvalue weighted by molar-refractivity contribution is -0.161. The second kappa shape index (κ2) is 77.0. The van der Waals surface area contributed by atoms with Gasteiger partial charge in [0.15, 0.2) is 12.2 Å². The van der Waals surface area contributed by atoms with Gasteiger partial charge < -0.3 is 33.8 Å². The summed E-state index contributed by atoms with van der Waals surface area (Å²) in [6.45, 7) is 12.0. The molecule has 0 aliphatic carbocycles. The molecule has 3 unspecified atom stereocenters. The van der Waals surface area contributed by atoms with Crippen LogP contribution in [0.5, 0.6) is 0 Å². The summed E-state index contributed by atoms with van der Waals surface area (Å²) in [5, 5.41) is 10.7. The number of carbonyl (C=O) groups is 4. The Hall–Kier alpha value is -1.94. The molecule has 0 aromatic rings. The van der Waals surface area contributed by atoms with Crippen LogP contribution in [0.1, 0.15) is 459 Å². The van der Waals surface area contributed by atoms with Crippen molar-refractivity contribution in [3.05, 3.63) is 0 Å². The number of carbonyl (C=O) groups excluding carboxylic acids is 4. The van der Waals surface area contributed by atoms with E-state index in [0.29, 0.717) is 25.7 Å². The van der Waals surface area contributed by atoms with Crippen molar-refractivity contribution in [3.8, 4) is 0 Å². The Bertz CT molecular complexity index is 2050. The first kappa shape index (κ1) is 104. The number of phosphoric acid groups is 2. The van der Waals surface area contributed by atoms with Crippen molar-refractivity contribution < 1.29 is 80.2 Å². The van der Waals surface area contributed by atoms with E-state index < -0.39 is 97.5 Å². The molecule has 19 heteroatoms. The largest absolute Gasteiger partial charge is 0.472 e. The molecule has 0 rings (SSSR count). The zero-order chi connectivity index (χ0) is 77.9. The third-order valence-electron chi connectivity index (χ3n) is 20.7. The molecule has 0 aliphatic rings. The van der Waals surface area contributed by atoms with Gasteiger partial charge >= 0.3 is 39.5 Å². The number of rotatable bonds is 85. The number of unbranched alkanes of at least 4 members (excludes halogenated alkanes) is 52. The average molecular weight is 1550 g/mol. The molecule has 0 amide bonds. The molecule has 106 heavy (non-hydrogen) atoms. The summed E-state index contributed by atoms with van der Waals surface area (Å²) in [5.74, 6) is 0.214. The smallest absolute Gasteiger partial charge is 0.462 e. The molecule has 3 N–H and O–H groups in total. The van der Waals surface area contributed by atoms with Gasteiger partial charge in [-0.1, -0.05) is 408 Å². The van der Waals surface area contributed by atoms with Crippen LogP contribution < -0.4 is 0 Å². The van der Waals surface area contributed by atoms with Gasteiger partial charge in [0, 0.05) is 25.7 Å². The highest BCUT2D eigenvalue weighted by Crippen LogP contribution is 2.45. The lowest BCUT2D eigenvalue weighted by Crippen LogP contribution is -2.30. The van der Waals surface area contributed by atoms with Crippen molar-refractivity contribution in [2.24, 2.45) is 17.8 Å². The van der Waals surface area contributed by atoms with Gasteiger partial charge in [0.05, 0.1) is 26.4 Å². The highest BCUT2D eigenvalue weighted by molar-refractivity contribution is 7.47. The number of hydrogen-bond donors (Lipinski definition) is 3. The van der Waals surface area contributed by atoms with Gasteiger partial charge in [-0.15, -0.1) is 0 Å². The fourth-order valence-corrected chi connectivity index (χ4v) is 15.1. The van der Waals surface area contributed by atoms with E-state index in [4.69, 9.17) is 37.0 Å². The van der Waals surface area contributed by atoms with E-state index in [-0.39, 0.29) is 25.7 Å². The second-order valence-electron chi connectivity index (χ2n) is 32.5. The van der Waals surface area contributed by atoms with Crippen LogP contribution in [-0.4, -0.2) is 96.7 Å². The molecule has 0 aromatic heterocycles. The van der Waals surface area contributed by atoms with E-state index in [2.05, 4.69) is 48.5 Å². The molecule has 0 bridgehead atoms. The van der Waals surface area contributed by atoms with Gasteiger partial charge in [0.2, 0.25) is 0 Å². The standard InChI is InChI=1S/C87H170O17P2/c1-8-10-11-12-13-14-15-16-17-18-19-20-21-22-23-28-31-37-42-47-56-63-70-86(91)103-82(74-97-84(89)68-61-54-46-41-36-30-27-25-24-26-29-34-39-44-51-58-65-78(3)4)76-101-105(93,94)99-72-81(88)73-100-106(95,96)102-77-83(75-98-85(90)69-62-55-50-49-53-60-67-80(7)9-2)104-87(92)71-64-57-48-43-38-33-32-35-40-45-52-59-66-79(5)6/h78-83,88H,8-77H2,1-7H3,(H,93,94)(H,95,96)/t80?,81-,82-,83-/m1/s1. The Labute approximate surface area is 651 Å². The monoisotopic (exact) mass is 1550 g/mol. The molecule has 0 spiro atoms. The Morgan fingerprint density at radius 1 is 0.274 bits per heavy atom. The first-order chi connectivity index (χ1) is 51.3. The van der Waals surface area contributed by atoms with Crippen LogP contribution in [0.15, 0.2) is 0 Å². The molecule has 17 nitrogen and oxygen atoms in total. The molecular formula is C87H170O17P2. The van der Waals surface area contributed by atoms with Crippen LogP contribution in [0.4, 0.5) is 0 Å². The molecular weight excluding hydrogens is 1380 g/mol. The van der Waals surface area contributed by atoms with Crippen LogP contribution in [0.3, 0.4) is 0 Å². The van der Waals surface area contributed by atoms with Crippen LogP contribution in [0.25, 0.3) is 0 Å². The lowest BCUT2D eigenvalue weighted by atomic mass is 10.00. The summed E-state index contributed by atoms with van der Waals surface area (Å²) in [7, 11) is -9.93. The molecule has 0 aromatic carbocycles. The van der Waals surface area contributed by atoms with E-state index in [1.807, 2.05) is 0 Å². The predicted molar refractivity (Wildman–Crippen MR) is 437 cm³/mol. The van der Waals surface area contributed by atoms with Gasteiger partial charge in [-0.2, -0.15) is 0 Å². The van der Waals surface area contributed by atoms with E-state index >= 15 is 0 Å². The number of ether oxygens (including phenoxy) is 4. The molecule has 0 aliphatic heterocycles. The van der Waals surface area contributed by atoms with Gasteiger partial charge in [-0.3, -0.25) is 37.3 Å². The maximum atomic E-state index is 13.2. The number of aliphatic hydroxyl groups excluding tert-OH is 1. The van der Waals surface area contributed by atoms with Crippen molar-refractivity contribution in [2.45, 2.75) is 478 Å². The molecule has 0 heterocycles. The molecule has 6 atom stereocenters. The molecule has 0 radical (unpaired) electrons. The zero-order valence-corrected chi connectivity index (χ0v) is 71.7. The minimum absolute atomic E-state index is 0.106. The SMILES string of the molecule is CCCCCCCCCCCCCCCCCCCCCCCCC(=O)O[C@H](COC(=O)CCCCCCCCCCCCCCCCCCC(C)C)COP(=O)(O)OC[C@@H](O)COP(=O)(O)OC[C@@H](COC(=O)CCCCCCCCC(C)CC)OC(=O)CCCCCCCCCCCCCCC(C)C. The normalized spacial score (nSPS) is 14.1. The van der Waals surface area contributed by atoms with E-state index in [0.717, 1.165) is 114 Å². The summed E-state index contributed by atoms with van der Waals surface area (Å²) >= 11 is 0. The zero-order valence-electron chi connectivity index (χ0n) is 69.9. The van der Waals surface area contributed by atoms with Crippen molar-refractivity contribution in [1.82, 2.24) is 0 Å². The highest BCUT2D eigenvalue weighted by atomic mass is 31.2.